The predicted octanol–water partition coefficient (Wildman–Crippen LogP) is 0.827. The third kappa shape index (κ3) is 7.19. The smallest absolute Gasteiger partial charge is 0.151 e. The molecule has 0 unspecified atom stereocenters. The molecule has 0 radical (unpaired) electrons. The zero-order chi connectivity index (χ0) is 11.9. The highest BCUT2D eigenvalue weighted by atomic mass is 32.2. The zero-order valence-electron chi connectivity index (χ0n) is 10.1. The van der Waals surface area contributed by atoms with Crippen molar-refractivity contribution in [2.75, 3.05) is 37.8 Å². The largest absolute Gasteiger partial charge is 0.380 e. The Balaban J connectivity index is 1.86. The van der Waals surface area contributed by atoms with Crippen LogP contribution in [0.15, 0.2) is 0 Å². The molecule has 1 N–H and O–H groups in total. The first-order valence-electron chi connectivity index (χ1n) is 6.13. The van der Waals surface area contributed by atoms with E-state index in [1.54, 1.807) is 0 Å². The van der Waals surface area contributed by atoms with E-state index in [4.69, 9.17) is 4.74 Å². The molecule has 0 bridgehead atoms. The lowest BCUT2D eigenvalue weighted by atomic mass is 10.5. The summed E-state index contributed by atoms with van der Waals surface area (Å²) < 4.78 is 28.1. The fourth-order valence-electron chi connectivity index (χ4n) is 1.44. The van der Waals surface area contributed by atoms with Crippen LogP contribution in [-0.2, 0) is 14.6 Å². The Morgan fingerprint density at radius 1 is 1.25 bits per heavy atom. The van der Waals surface area contributed by atoms with Gasteiger partial charge in [0.1, 0.15) is 0 Å². The summed E-state index contributed by atoms with van der Waals surface area (Å²) in [6, 6.07) is 0. The number of hydrogen-bond donors (Lipinski definition) is 1. The molecular weight excluding hydrogens is 226 g/mol. The Hall–Kier alpha value is -0.130. The van der Waals surface area contributed by atoms with Crippen molar-refractivity contribution in [2.24, 2.45) is 5.92 Å². The maximum Gasteiger partial charge on any atom is 0.151 e. The molecule has 0 heterocycles. The number of hydrogen-bond acceptors (Lipinski definition) is 4. The summed E-state index contributed by atoms with van der Waals surface area (Å²) in [7, 11) is -2.83. The third-order valence-corrected chi connectivity index (χ3v) is 4.44. The average molecular weight is 249 g/mol. The van der Waals surface area contributed by atoms with Crippen LogP contribution < -0.4 is 5.32 Å². The van der Waals surface area contributed by atoms with Crippen LogP contribution in [-0.4, -0.2) is 46.2 Å². The SMILES string of the molecule is CCCS(=O)(=O)CCNCCOCC1CC1. The minimum atomic E-state index is -2.83. The average Bonchev–Trinajstić information content (AvgIpc) is 3.00. The lowest BCUT2D eigenvalue weighted by molar-refractivity contribution is 0.126. The van der Waals surface area contributed by atoms with Gasteiger partial charge in [-0.05, 0) is 25.2 Å². The number of rotatable bonds is 10. The summed E-state index contributed by atoms with van der Waals surface area (Å²) in [4.78, 5) is 0. The van der Waals surface area contributed by atoms with E-state index in [1.807, 2.05) is 6.92 Å². The van der Waals surface area contributed by atoms with E-state index in [0.29, 0.717) is 25.3 Å². The van der Waals surface area contributed by atoms with Crippen LogP contribution >= 0.6 is 0 Å². The molecule has 1 fully saturated rings. The van der Waals surface area contributed by atoms with E-state index < -0.39 is 9.84 Å². The van der Waals surface area contributed by atoms with E-state index in [2.05, 4.69) is 5.32 Å². The molecule has 0 aromatic carbocycles. The molecule has 96 valence electrons. The molecule has 0 atom stereocenters. The first-order chi connectivity index (χ1) is 7.64. The van der Waals surface area contributed by atoms with Gasteiger partial charge in [0.25, 0.3) is 0 Å². The summed E-state index contributed by atoms with van der Waals surface area (Å²) in [5.74, 6) is 1.33. The number of ether oxygens (including phenoxy) is 1. The van der Waals surface area contributed by atoms with Gasteiger partial charge in [-0.15, -0.1) is 0 Å². The van der Waals surface area contributed by atoms with Crippen molar-refractivity contribution in [3.05, 3.63) is 0 Å². The maximum absolute atomic E-state index is 11.3. The molecule has 1 aliphatic rings. The van der Waals surface area contributed by atoms with Gasteiger partial charge in [-0.1, -0.05) is 6.92 Å². The first kappa shape index (κ1) is 13.9. The van der Waals surface area contributed by atoms with Crippen molar-refractivity contribution in [2.45, 2.75) is 26.2 Å². The van der Waals surface area contributed by atoms with Gasteiger partial charge in [-0.3, -0.25) is 0 Å². The summed E-state index contributed by atoms with van der Waals surface area (Å²) in [6.45, 7) is 4.72. The van der Waals surface area contributed by atoms with E-state index in [1.165, 1.54) is 12.8 Å². The summed E-state index contributed by atoms with van der Waals surface area (Å²) in [5.41, 5.74) is 0. The second-order valence-corrected chi connectivity index (χ2v) is 6.72. The molecule has 4 nitrogen and oxygen atoms in total. The topological polar surface area (TPSA) is 55.4 Å². The van der Waals surface area contributed by atoms with Gasteiger partial charge in [0.2, 0.25) is 0 Å². The predicted molar refractivity (Wildman–Crippen MR) is 65.4 cm³/mol. The summed E-state index contributed by atoms with van der Waals surface area (Å²) >= 11 is 0. The molecule has 0 aromatic heterocycles. The molecular formula is C11H23NO3S. The number of nitrogens with one attached hydrogen (secondary N) is 1. The number of sulfone groups is 1. The molecule has 5 heteroatoms. The minimum Gasteiger partial charge on any atom is -0.380 e. The minimum absolute atomic E-state index is 0.240. The fraction of sp³-hybridized carbons (Fsp3) is 1.00. The van der Waals surface area contributed by atoms with Crippen molar-refractivity contribution in [3.63, 3.8) is 0 Å². The first-order valence-corrected chi connectivity index (χ1v) is 7.95. The Kier molecular flexibility index (Phi) is 6.31. The molecule has 1 aliphatic carbocycles. The van der Waals surface area contributed by atoms with E-state index in [-0.39, 0.29) is 5.75 Å². The van der Waals surface area contributed by atoms with Crippen LogP contribution in [0.2, 0.25) is 0 Å². The van der Waals surface area contributed by atoms with Crippen molar-refractivity contribution in [1.29, 1.82) is 0 Å². The van der Waals surface area contributed by atoms with Crippen LogP contribution in [0, 0.1) is 5.92 Å². The molecule has 0 aliphatic heterocycles. The Labute approximate surface area is 98.7 Å². The van der Waals surface area contributed by atoms with E-state index in [0.717, 1.165) is 19.1 Å². The second-order valence-electron chi connectivity index (χ2n) is 4.42. The summed E-state index contributed by atoms with van der Waals surface area (Å²) in [6.07, 6.45) is 3.32. The maximum atomic E-state index is 11.3. The molecule has 0 aromatic rings. The van der Waals surface area contributed by atoms with Crippen LogP contribution in [0.3, 0.4) is 0 Å². The monoisotopic (exact) mass is 249 g/mol. The standard InChI is InChI=1S/C11H23NO3S/c1-2-8-16(13,14)9-6-12-5-7-15-10-11-3-4-11/h11-12H,2-10H2,1H3. The molecule has 0 saturated heterocycles. The highest BCUT2D eigenvalue weighted by Gasteiger charge is 2.20. The van der Waals surface area contributed by atoms with Crippen molar-refractivity contribution in [1.82, 2.24) is 5.32 Å². The lowest BCUT2D eigenvalue weighted by Gasteiger charge is -2.06. The second kappa shape index (κ2) is 7.25. The fourth-order valence-corrected chi connectivity index (χ4v) is 2.73. The highest BCUT2D eigenvalue weighted by Crippen LogP contribution is 2.28. The Bertz CT molecular complexity index is 273. The van der Waals surface area contributed by atoms with Gasteiger partial charge < -0.3 is 10.1 Å². The zero-order valence-corrected chi connectivity index (χ0v) is 10.9. The molecule has 16 heavy (non-hydrogen) atoms. The van der Waals surface area contributed by atoms with Crippen LogP contribution in [0.1, 0.15) is 26.2 Å². The quantitative estimate of drug-likeness (QED) is 0.583. The van der Waals surface area contributed by atoms with Crippen molar-refractivity contribution in [3.8, 4) is 0 Å². The van der Waals surface area contributed by atoms with E-state index >= 15 is 0 Å². The third-order valence-electron chi connectivity index (χ3n) is 2.58. The molecule has 0 amide bonds. The van der Waals surface area contributed by atoms with Crippen LogP contribution in [0.25, 0.3) is 0 Å². The van der Waals surface area contributed by atoms with Gasteiger partial charge in [-0.2, -0.15) is 0 Å². The van der Waals surface area contributed by atoms with E-state index in [9.17, 15) is 8.42 Å². The van der Waals surface area contributed by atoms with Gasteiger partial charge in [0.05, 0.1) is 12.4 Å². The van der Waals surface area contributed by atoms with Crippen molar-refractivity contribution < 1.29 is 13.2 Å². The van der Waals surface area contributed by atoms with Crippen molar-refractivity contribution >= 4 is 9.84 Å². The van der Waals surface area contributed by atoms with Gasteiger partial charge in [0.15, 0.2) is 9.84 Å². The highest BCUT2D eigenvalue weighted by molar-refractivity contribution is 7.91. The van der Waals surface area contributed by atoms with Crippen LogP contribution in [0.4, 0.5) is 0 Å². The Morgan fingerprint density at radius 2 is 2.00 bits per heavy atom. The van der Waals surface area contributed by atoms with Gasteiger partial charge >= 0.3 is 0 Å². The lowest BCUT2D eigenvalue weighted by Crippen LogP contribution is -2.27. The van der Waals surface area contributed by atoms with Gasteiger partial charge in [-0.25, -0.2) is 8.42 Å². The molecule has 1 rings (SSSR count). The summed E-state index contributed by atoms with van der Waals surface area (Å²) in [5, 5.41) is 3.09. The molecule has 1 saturated carbocycles. The normalized spacial score (nSPS) is 16.6. The Morgan fingerprint density at radius 3 is 2.62 bits per heavy atom. The van der Waals surface area contributed by atoms with Crippen LogP contribution in [0.5, 0.6) is 0 Å². The van der Waals surface area contributed by atoms with Gasteiger partial charge in [0, 0.05) is 25.4 Å². The molecule has 0 spiro atoms.